The molecule has 0 heterocycles. The molecule has 0 aliphatic heterocycles. The van der Waals surface area contributed by atoms with Crippen LogP contribution in [0.3, 0.4) is 0 Å². The van der Waals surface area contributed by atoms with Gasteiger partial charge in [-0.2, -0.15) is 0 Å². The lowest BCUT2D eigenvalue weighted by Crippen LogP contribution is -2.05. The molecule has 0 bridgehead atoms. The van der Waals surface area contributed by atoms with Gasteiger partial charge in [-0.05, 0) is 19.4 Å². The summed E-state index contributed by atoms with van der Waals surface area (Å²) in [7, 11) is 1.21. The molecule has 0 aliphatic rings. The molecule has 0 aromatic heterocycles. The molecule has 0 spiro atoms. The quantitative estimate of drug-likeness (QED) is 0.453. The van der Waals surface area contributed by atoms with Gasteiger partial charge in [-0.3, -0.25) is 10.1 Å². The predicted molar refractivity (Wildman–Crippen MR) is 63.4 cm³/mol. The van der Waals surface area contributed by atoms with Gasteiger partial charge in [0, 0.05) is 18.1 Å². The molecular weight excluding hydrogens is 238 g/mol. The number of ketones is 1. The van der Waals surface area contributed by atoms with Gasteiger partial charge in [0.1, 0.15) is 5.78 Å². The summed E-state index contributed by atoms with van der Waals surface area (Å²) in [5, 5.41) is 10.9. The van der Waals surface area contributed by atoms with E-state index in [2.05, 4.69) is 4.74 Å². The summed E-state index contributed by atoms with van der Waals surface area (Å²) in [6.45, 7) is 1.43. The molecule has 0 radical (unpaired) electrons. The first-order valence-corrected chi connectivity index (χ1v) is 5.30. The molecule has 1 aromatic carbocycles. The van der Waals surface area contributed by atoms with E-state index in [4.69, 9.17) is 0 Å². The van der Waals surface area contributed by atoms with Gasteiger partial charge in [-0.15, -0.1) is 0 Å². The highest BCUT2D eigenvalue weighted by molar-refractivity contribution is 5.90. The van der Waals surface area contributed by atoms with Crippen molar-refractivity contribution in [2.45, 2.75) is 19.8 Å². The maximum absolute atomic E-state index is 11.3. The minimum Gasteiger partial charge on any atom is -0.465 e. The van der Waals surface area contributed by atoms with Crippen LogP contribution in [0.1, 0.15) is 29.3 Å². The van der Waals surface area contributed by atoms with E-state index < -0.39 is 10.9 Å². The standard InChI is InChI=1S/C12H13NO5/c1-8(14)3-4-9-5-6-10(12(15)18-2)7-11(9)13(16)17/h5-7H,3-4H2,1-2H3. The van der Waals surface area contributed by atoms with E-state index in [9.17, 15) is 19.7 Å². The van der Waals surface area contributed by atoms with Gasteiger partial charge in [0.05, 0.1) is 17.6 Å². The molecule has 6 heteroatoms. The molecule has 96 valence electrons. The maximum atomic E-state index is 11.3. The van der Waals surface area contributed by atoms with Crippen molar-refractivity contribution in [1.29, 1.82) is 0 Å². The zero-order valence-corrected chi connectivity index (χ0v) is 10.1. The smallest absolute Gasteiger partial charge is 0.338 e. The summed E-state index contributed by atoms with van der Waals surface area (Å²) in [5.41, 5.74) is 0.387. The van der Waals surface area contributed by atoms with Gasteiger partial charge >= 0.3 is 5.97 Å². The van der Waals surface area contributed by atoms with Crippen molar-refractivity contribution in [2.24, 2.45) is 0 Å². The highest BCUT2D eigenvalue weighted by atomic mass is 16.6. The van der Waals surface area contributed by atoms with Crippen LogP contribution in [0.2, 0.25) is 0 Å². The van der Waals surface area contributed by atoms with E-state index in [0.717, 1.165) is 0 Å². The van der Waals surface area contributed by atoms with Gasteiger partial charge in [0.25, 0.3) is 5.69 Å². The number of esters is 1. The number of methoxy groups -OCH3 is 1. The molecule has 1 rings (SSSR count). The molecule has 0 unspecified atom stereocenters. The van der Waals surface area contributed by atoms with E-state index in [1.54, 1.807) is 0 Å². The van der Waals surface area contributed by atoms with Crippen molar-refractivity contribution in [3.05, 3.63) is 39.4 Å². The zero-order chi connectivity index (χ0) is 13.7. The molecule has 0 amide bonds. The lowest BCUT2D eigenvalue weighted by molar-refractivity contribution is -0.385. The fourth-order valence-electron chi connectivity index (χ4n) is 1.50. The van der Waals surface area contributed by atoms with Crippen LogP contribution in [0, 0.1) is 10.1 Å². The van der Waals surface area contributed by atoms with E-state index >= 15 is 0 Å². The summed E-state index contributed by atoms with van der Waals surface area (Å²) < 4.78 is 4.49. The summed E-state index contributed by atoms with van der Waals surface area (Å²) in [6.07, 6.45) is 0.519. The number of benzene rings is 1. The van der Waals surface area contributed by atoms with Gasteiger partial charge in [-0.25, -0.2) is 4.79 Å². The number of hydrogen-bond acceptors (Lipinski definition) is 5. The molecule has 18 heavy (non-hydrogen) atoms. The number of carbonyl (C=O) groups excluding carboxylic acids is 2. The van der Waals surface area contributed by atoms with Crippen LogP contribution in [0.15, 0.2) is 18.2 Å². The van der Waals surface area contributed by atoms with Crippen LogP contribution < -0.4 is 0 Å². The SMILES string of the molecule is COC(=O)c1ccc(CCC(C)=O)c([N+](=O)[O-])c1. The second-order valence-electron chi connectivity index (χ2n) is 3.79. The second kappa shape index (κ2) is 5.90. The highest BCUT2D eigenvalue weighted by Gasteiger charge is 2.17. The molecule has 6 nitrogen and oxygen atoms in total. The van der Waals surface area contributed by atoms with Gasteiger partial charge < -0.3 is 9.53 Å². The first kappa shape index (κ1) is 13.8. The summed E-state index contributed by atoms with van der Waals surface area (Å²) in [4.78, 5) is 32.5. The van der Waals surface area contributed by atoms with E-state index in [1.807, 2.05) is 0 Å². The van der Waals surface area contributed by atoms with E-state index in [1.165, 1.54) is 32.2 Å². The highest BCUT2D eigenvalue weighted by Crippen LogP contribution is 2.22. The molecule has 0 aliphatic carbocycles. The van der Waals surface area contributed by atoms with Crippen molar-refractivity contribution < 1.29 is 19.2 Å². The van der Waals surface area contributed by atoms with Crippen LogP contribution in [0.25, 0.3) is 0 Å². The van der Waals surface area contributed by atoms with Crippen LogP contribution >= 0.6 is 0 Å². The number of nitro benzene ring substituents is 1. The lowest BCUT2D eigenvalue weighted by atomic mass is 10.0. The molecule has 1 aromatic rings. The normalized spacial score (nSPS) is 9.89. The fourth-order valence-corrected chi connectivity index (χ4v) is 1.50. The lowest BCUT2D eigenvalue weighted by Gasteiger charge is -2.04. The minimum atomic E-state index is -0.629. The van der Waals surface area contributed by atoms with Gasteiger partial charge in [0.15, 0.2) is 0 Å². The number of nitro groups is 1. The van der Waals surface area contributed by atoms with Crippen LogP contribution in [-0.2, 0) is 16.0 Å². The van der Waals surface area contributed by atoms with Gasteiger partial charge in [0.2, 0.25) is 0 Å². The summed E-state index contributed by atoms with van der Waals surface area (Å²) in [5.74, 6) is -0.669. The monoisotopic (exact) mass is 251 g/mol. The Kier molecular flexibility index (Phi) is 4.53. The Balaban J connectivity index is 3.08. The molecule has 0 saturated heterocycles. The zero-order valence-electron chi connectivity index (χ0n) is 10.1. The fraction of sp³-hybridized carbons (Fsp3) is 0.333. The number of carbonyl (C=O) groups is 2. The largest absolute Gasteiger partial charge is 0.465 e. The molecule has 0 saturated carbocycles. The molecule has 0 atom stereocenters. The van der Waals surface area contributed by atoms with Crippen molar-refractivity contribution in [2.75, 3.05) is 7.11 Å². The minimum absolute atomic E-state index is 0.0404. The van der Waals surface area contributed by atoms with Crippen LogP contribution in [-0.4, -0.2) is 23.8 Å². The number of hydrogen-bond donors (Lipinski definition) is 0. The van der Waals surface area contributed by atoms with E-state index in [-0.39, 0.29) is 29.9 Å². The average molecular weight is 251 g/mol. The van der Waals surface area contributed by atoms with Crippen LogP contribution in [0.4, 0.5) is 5.69 Å². The van der Waals surface area contributed by atoms with Gasteiger partial charge in [-0.1, -0.05) is 6.07 Å². The number of ether oxygens (including phenoxy) is 1. The predicted octanol–water partition coefficient (Wildman–Crippen LogP) is 1.90. The summed E-state index contributed by atoms with van der Waals surface area (Å²) in [6, 6.07) is 4.10. The third-order valence-corrected chi connectivity index (χ3v) is 2.45. The number of rotatable bonds is 5. The second-order valence-corrected chi connectivity index (χ2v) is 3.79. The molecule has 0 fully saturated rings. The molecular formula is C12H13NO5. The van der Waals surface area contributed by atoms with Crippen molar-refractivity contribution in [3.63, 3.8) is 0 Å². The van der Waals surface area contributed by atoms with Crippen LogP contribution in [0.5, 0.6) is 0 Å². The Bertz CT molecular complexity index is 495. The third-order valence-electron chi connectivity index (χ3n) is 2.45. The Labute approximate surface area is 104 Å². The number of aryl methyl sites for hydroxylation is 1. The first-order valence-electron chi connectivity index (χ1n) is 5.30. The maximum Gasteiger partial charge on any atom is 0.338 e. The first-order chi connectivity index (χ1) is 8.45. The van der Waals surface area contributed by atoms with E-state index in [0.29, 0.717) is 5.56 Å². The Morgan fingerprint density at radius 2 is 2.06 bits per heavy atom. The van der Waals surface area contributed by atoms with Crippen molar-refractivity contribution >= 4 is 17.4 Å². The Hall–Kier alpha value is -2.24. The number of nitrogens with zero attached hydrogens (tertiary/aromatic N) is 1. The van der Waals surface area contributed by atoms with Crippen molar-refractivity contribution in [3.8, 4) is 0 Å². The molecule has 0 N–H and O–H groups in total. The third kappa shape index (κ3) is 3.38. The van der Waals surface area contributed by atoms with Crippen molar-refractivity contribution in [1.82, 2.24) is 0 Å². The summed E-state index contributed by atoms with van der Waals surface area (Å²) >= 11 is 0. The number of Topliss-reactive ketones (excluding diaryl/α,β-unsaturated/α-hetero) is 1. The topological polar surface area (TPSA) is 86.5 Å². The Morgan fingerprint density at radius 1 is 1.39 bits per heavy atom. The Morgan fingerprint density at radius 3 is 2.56 bits per heavy atom. The average Bonchev–Trinajstić information content (AvgIpc) is 2.34.